The molecule has 0 unspecified atom stereocenters. The smallest absolute Gasteiger partial charge is 0.0950 e. The fraction of sp³-hybridized carbons (Fsp3) is 0.812. The number of hydrogen-bond acceptors (Lipinski definition) is 4. The van der Waals surface area contributed by atoms with E-state index >= 15 is 0 Å². The Morgan fingerprint density at radius 1 is 1.00 bits per heavy atom. The average molecular weight is 500 g/mol. The molecule has 1 aromatic carbocycles. The van der Waals surface area contributed by atoms with Crippen LogP contribution < -0.4 is 0 Å². The standard InChI is InChI=1S/C32H53NO3/c1-29(2)16-9-17-30(3)26(29)12-18-31(4,35)27(30)13-19-32(5,36)28(34)23-33-20-14-25(15-21-33)22-24-10-7-6-8-11-24/h6-8,10-11,25-28,34-36H,9,12-23H2,1-5H3/t26-,27-,28+,30+,31-,32+/m1/s1. The largest absolute Gasteiger partial charge is 0.390 e. The van der Waals surface area contributed by atoms with Crippen LogP contribution >= 0.6 is 0 Å². The van der Waals surface area contributed by atoms with Crippen molar-refractivity contribution in [2.24, 2.45) is 28.6 Å². The molecule has 0 amide bonds. The predicted octanol–water partition coefficient (Wildman–Crippen LogP) is 5.83. The first-order valence-electron chi connectivity index (χ1n) is 14.7. The number of benzene rings is 1. The summed E-state index contributed by atoms with van der Waals surface area (Å²) < 4.78 is 0. The lowest BCUT2D eigenvalue weighted by atomic mass is 9.45. The van der Waals surface area contributed by atoms with Crippen molar-refractivity contribution in [1.82, 2.24) is 4.90 Å². The number of fused-ring (bicyclic) bond motifs is 1. The van der Waals surface area contributed by atoms with E-state index in [0.717, 1.165) is 58.0 Å². The van der Waals surface area contributed by atoms with Crippen molar-refractivity contribution in [3.63, 3.8) is 0 Å². The van der Waals surface area contributed by atoms with E-state index in [-0.39, 0.29) is 11.3 Å². The highest BCUT2D eigenvalue weighted by Crippen LogP contribution is 2.63. The third kappa shape index (κ3) is 6.03. The molecule has 0 spiro atoms. The molecule has 3 aliphatic rings. The number of hydrogen-bond donors (Lipinski definition) is 3. The van der Waals surface area contributed by atoms with Crippen LogP contribution in [0.1, 0.15) is 98.0 Å². The summed E-state index contributed by atoms with van der Waals surface area (Å²) in [5.74, 6) is 1.45. The molecule has 2 saturated carbocycles. The van der Waals surface area contributed by atoms with E-state index in [0.29, 0.717) is 30.2 Å². The first-order chi connectivity index (χ1) is 16.8. The van der Waals surface area contributed by atoms with Crippen LogP contribution in [0.15, 0.2) is 30.3 Å². The zero-order valence-electron chi connectivity index (χ0n) is 23.7. The minimum absolute atomic E-state index is 0.0885. The number of aliphatic hydroxyl groups excluding tert-OH is 1. The number of likely N-dealkylation sites (tertiary alicyclic amines) is 1. The van der Waals surface area contributed by atoms with Crippen LogP contribution in [0.25, 0.3) is 0 Å². The van der Waals surface area contributed by atoms with Gasteiger partial charge in [-0.2, -0.15) is 0 Å². The quantitative estimate of drug-likeness (QED) is 0.421. The van der Waals surface area contributed by atoms with Gasteiger partial charge in [0.05, 0.1) is 17.3 Å². The van der Waals surface area contributed by atoms with Crippen LogP contribution in [0.3, 0.4) is 0 Å². The molecular formula is C32H53NO3. The van der Waals surface area contributed by atoms with Crippen LogP contribution in [-0.2, 0) is 6.42 Å². The summed E-state index contributed by atoms with van der Waals surface area (Å²) in [7, 11) is 0. The number of aliphatic hydroxyl groups is 3. The van der Waals surface area contributed by atoms with E-state index in [4.69, 9.17) is 0 Å². The molecule has 4 rings (SSSR count). The molecule has 0 bridgehead atoms. The molecule has 3 N–H and O–H groups in total. The first-order valence-corrected chi connectivity index (χ1v) is 14.7. The lowest BCUT2D eigenvalue weighted by Gasteiger charge is -2.61. The second kappa shape index (κ2) is 10.7. The molecule has 0 radical (unpaired) electrons. The molecule has 0 aromatic heterocycles. The molecule has 3 fully saturated rings. The number of piperidine rings is 1. The fourth-order valence-electron chi connectivity index (χ4n) is 8.63. The van der Waals surface area contributed by atoms with Crippen molar-refractivity contribution in [1.29, 1.82) is 0 Å². The lowest BCUT2D eigenvalue weighted by molar-refractivity contribution is -0.176. The van der Waals surface area contributed by atoms with Gasteiger partial charge >= 0.3 is 0 Å². The third-order valence-corrected chi connectivity index (χ3v) is 10.9. The second-order valence-corrected chi connectivity index (χ2v) is 14.2. The Kier molecular flexibility index (Phi) is 8.32. The number of nitrogens with zero attached hydrogens (tertiary/aromatic N) is 1. The highest BCUT2D eigenvalue weighted by molar-refractivity contribution is 5.15. The fourth-order valence-corrected chi connectivity index (χ4v) is 8.63. The van der Waals surface area contributed by atoms with Gasteiger partial charge in [0.25, 0.3) is 0 Å². The summed E-state index contributed by atoms with van der Waals surface area (Å²) in [4.78, 5) is 2.33. The maximum Gasteiger partial charge on any atom is 0.0950 e. The average Bonchev–Trinajstić information content (AvgIpc) is 2.79. The van der Waals surface area contributed by atoms with Crippen LogP contribution in [0, 0.1) is 28.6 Å². The summed E-state index contributed by atoms with van der Waals surface area (Å²) in [6.45, 7) is 13.5. The molecule has 4 heteroatoms. The van der Waals surface area contributed by atoms with Gasteiger partial charge in [-0.1, -0.05) is 57.5 Å². The van der Waals surface area contributed by atoms with Gasteiger partial charge in [0.1, 0.15) is 0 Å². The van der Waals surface area contributed by atoms with Gasteiger partial charge < -0.3 is 20.2 Å². The van der Waals surface area contributed by atoms with E-state index in [1.54, 1.807) is 0 Å². The summed E-state index contributed by atoms with van der Waals surface area (Å²) in [6.07, 6.45) is 9.50. The monoisotopic (exact) mass is 499 g/mol. The summed E-state index contributed by atoms with van der Waals surface area (Å²) in [5, 5.41) is 34.0. The SMILES string of the molecule is CC1(C)CCC[C@@]2(C)[C@@H]1CC[C@@](C)(O)[C@@H]2CC[C@](C)(O)[C@@H](O)CN1CCC(Cc2ccccc2)CC1. The molecule has 4 nitrogen and oxygen atoms in total. The predicted molar refractivity (Wildman–Crippen MR) is 148 cm³/mol. The molecule has 36 heavy (non-hydrogen) atoms. The molecule has 6 atom stereocenters. The minimum atomic E-state index is -1.15. The lowest BCUT2D eigenvalue weighted by Crippen LogP contribution is -2.58. The molecule has 1 saturated heterocycles. The van der Waals surface area contributed by atoms with E-state index in [1.807, 2.05) is 13.8 Å². The molecule has 2 aliphatic carbocycles. The number of rotatable bonds is 8. The molecule has 204 valence electrons. The Morgan fingerprint density at radius 2 is 1.67 bits per heavy atom. The van der Waals surface area contributed by atoms with Crippen molar-refractivity contribution in [3.05, 3.63) is 35.9 Å². The van der Waals surface area contributed by atoms with Crippen molar-refractivity contribution < 1.29 is 15.3 Å². The van der Waals surface area contributed by atoms with Crippen LogP contribution in [0.2, 0.25) is 0 Å². The Hall–Kier alpha value is -0.940. The maximum atomic E-state index is 11.5. The van der Waals surface area contributed by atoms with Crippen molar-refractivity contribution in [2.75, 3.05) is 19.6 Å². The van der Waals surface area contributed by atoms with Gasteiger partial charge in [-0.05, 0) is 119 Å². The summed E-state index contributed by atoms with van der Waals surface area (Å²) >= 11 is 0. The van der Waals surface area contributed by atoms with Gasteiger partial charge in [0, 0.05) is 6.54 Å². The highest BCUT2D eigenvalue weighted by atomic mass is 16.3. The molecule has 1 aliphatic heterocycles. The second-order valence-electron chi connectivity index (χ2n) is 14.2. The van der Waals surface area contributed by atoms with E-state index in [9.17, 15) is 15.3 Å². The molecule has 1 aromatic rings. The molecule has 1 heterocycles. The van der Waals surface area contributed by atoms with E-state index in [2.05, 4.69) is 56.0 Å². The summed E-state index contributed by atoms with van der Waals surface area (Å²) in [5.41, 5.74) is -0.0540. The Balaban J connectivity index is 1.31. The Labute approximate surface area is 220 Å². The van der Waals surface area contributed by atoms with E-state index < -0.39 is 17.3 Å². The Morgan fingerprint density at radius 3 is 2.33 bits per heavy atom. The minimum Gasteiger partial charge on any atom is -0.390 e. The van der Waals surface area contributed by atoms with Crippen LogP contribution in [0.4, 0.5) is 0 Å². The third-order valence-electron chi connectivity index (χ3n) is 10.9. The van der Waals surface area contributed by atoms with Gasteiger partial charge in [-0.25, -0.2) is 0 Å². The first kappa shape index (κ1) is 28.1. The number of β-amino-alcohol motifs (C(OH)–C–C–N with tert-alkyl or cyclic N) is 1. The van der Waals surface area contributed by atoms with Gasteiger partial charge in [0.2, 0.25) is 0 Å². The molecular weight excluding hydrogens is 446 g/mol. The van der Waals surface area contributed by atoms with Crippen molar-refractivity contribution in [3.8, 4) is 0 Å². The highest BCUT2D eigenvalue weighted by Gasteiger charge is 2.58. The normalized spacial score (nSPS) is 36.1. The Bertz CT molecular complexity index is 842. The van der Waals surface area contributed by atoms with Gasteiger partial charge in [0.15, 0.2) is 0 Å². The maximum absolute atomic E-state index is 11.5. The van der Waals surface area contributed by atoms with Crippen molar-refractivity contribution in [2.45, 2.75) is 116 Å². The zero-order valence-corrected chi connectivity index (χ0v) is 23.7. The summed E-state index contributed by atoms with van der Waals surface area (Å²) in [6, 6.07) is 10.7. The van der Waals surface area contributed by atoms with Crippen LogP contribution in [0.5, 0.6) is 0 Å². The van der Waals surface area contributed by atoms with E-state index in [1.165, 1.54) is 18.4 Å². The topological polar surface area (TPSA) is 63.9 Å². The van der Waals surface area contributed by atoms with Gasteiger partial charge in [-0.15, -0.1) is 0 Å². The van der Waals surface area contributed by atoms with Crippen LogP contribution in [-0.4, -0.2) is 57.2 Å². The van der Waals surface area contributed by atoms with Gasteiger partial charge in [-0.3, -0.25) is 0 Å². The zero-order chi connectivity index (χ0) is 26.2. The van der Waals surface area contributed by atoms with Crippen molar-refractivity contribution >= 4 is 0 Å².